The van der Waals surface area contributed by atoms with Crippen LogP contribution in [0.4, 0.5) is 0 Å². The Morgan fingerprint density at radius 1 is 1.00 bits per heavy atom. The van der Waals surface area contributed by atoms with E-state index in [1.807, 2.05) is 11.8 Å². The highest BCUT2D eigenvalue weighted by Crippen LogP contribution is 2.41. The van der Waals surface area contributed by atoms with Gasteiger partial charge in [-0.3, -0.25) is 0 Å². The van der Waals surface area contributed by atoms with Crippen molar-refractivity contribution < 1.29 is 0 Å². The van der Waals surface area contributed by atoms with Crippen LogP contribution in [0.5, 0.6) is 0 Å². The molecule has 74 valence electrons. The summed E-state index contributed by atoms with van der Waals surface area (Å²) in [7, 11) is 0. The topological polar surface area (TPSA) is 0 Å². The van der Waals surface area contributed by atoms with Gasteiger partial charge in [0.25, 0.3) is 0 Å². The summed E-state index contributed by atoms with van der Waals surface area (Å²) in [6, 6.07) is 15.4. The maximum Gasteiger partial charge on any atom is 0.0238 e. The van der Waals surface area contributed by atoms with Crippen LogP contribution in [-0.4, -0.2) is 0 Å². The molecule has 0 radical (unpaired) electrons. The SMILES string of the molecule is Cc1ccc2c(c1)-c1ccccc1SC2. The number of fused-ring (bicyclic) bond motifs is 3. The lowest BCUT2D eigenvalue weighted by Crippen LogP contribution is -1.95. The van der Waals surface area contributed by atoms with Gasteiger partial charge >= 0.3 is 0 Å². The molecule has 0 amide bonds. The van der Waals surface area contributed by atoms with Gasteiger partial charge in [0.05, 0.1) is 0 Å². The minimum atomic E-state index is 1.10. The molecule has 0 N–H and O–H groups in total. The van der Waals surface area contributed by atoms with Gasteiger partial charge in [-0.15, -0.1) is 11.8 Å². The first-order valence-electron chi connectivity index (χ1n) is 5.16. The number of aryl methyl sites for hydroxylation is 1. The molecule has 2 aromatic carbocycles. The fourth-order valence-corrected chi connectivity index (χ4v) is 3.11. The summed E-state index contributed by atoms with van der Waals surface area (Å²) < 4.78 is 0. The maximum atomic E-state index is 2.30. The minimum absolute atomic E-state index is 1.10. The fraction of sp³-hybridized carbons (Fsp3) is 0.143. The zero-order valence-electron chi connectivity index (χ0n) is 8.66. The van der Waals surface area contributed by atoms with E-state index in [1.54, 1.807) is 0 Å². The number of hydrogen-bond acceptors (Lipinski definition) is 1. The second kappa shape index (κ2) is 3.42. The summed E-state index contributed by atoms with van der Waals surface area (Å²) in [5.41, 5.74) is 5.62. The van der Waals surface area contributed by atoms with Crippen molar-refractivity contribution in [3.63, 3.8) is 0 Å². The van der Waals surface area contributed by atoms with Gasteiger partial charge in [0.15, 0.2) is 0 Å². The van der Waals surface area contributed by atoms with Crippen LogP contribution in [-0.2, 0) is 5.75 Å². The molecule has 0 spiro atoms. The molecule has 0 nitrogen and oxygen atoms in total. The highest BCUT2D eigenvalue weighted by atomic mass is 32.2. The smallest absolute Gasteiger partial charge is 0.0238 e. The van der Waals surface area contributed by atoms with E-state index in [9.17, 15) is 0 Å². The van der Waals surface area contributed by atoms with Crippen molar-refractivity contribution in [3.05, 3.63) is 53.6 Å². The summed E-state index contributed by atoms with van der Waals surface area (Å²) >= 11 is 1.94. The molecule has 0 saturated carbocycles. The van der Waals surface area contributed by atoms with Crippen LogP contribution in [0.3, 0.4) is 0 Å². The van der Waals surface area contributed by atoms with E-state index in [0.29, 0.717) is 0 Å². The molecule has 1 heteroatoms. The Morgan fingerprint density at radius 2 is 1.87 bits per heavy atom. The zero-order valence-corrected chi connectivity index (χ0v) is 9.47. The van der Waals surface area contributed by atoms with Crippen molar-refractivity contribution in [1.82, 2.24) is 0 Å². The zero-order chi connectivity index (χ0) is 10.3. The molecule has 15 heavy (non-hydrogen) atoms. The van der Waals surface area contributed by atoms with Gasteiger partial charge in [-0.2, -0.15) is 0 Å². The van der Waals surface area contributed by atoms with E-state index in [1.165, 1.54) is 27.1 Å². The standard InChI is InChI=1S/C14H12S/c1-10-6-7-11-9-15-14-5-3-2-4-12(14)13(11)8-10/h2-8H,9H2,1H3. The quantitative estimate of drug-likeness (QED) is 0.628. The number of thioether (sulfide) groups is 1. The van der Waals surface area contributed by atoms with E-state index in [4.69, 9.17) is 0 Å². The Kier molecular flexibility index (Phi) is 2.06. The fourth-order valence-electron chi connectivity index (χ4n) is 2.04. The summed E-state index contributed by atoms with van der Waals surface area (Å²) in [5.74, 6) is 1.10. The lowest BCUT2D eigenvalue weighted by atomic mass is 9.98. The molecular formula is C14H12S. The summed E-state index contributed by atoms with van der Waals surface area (Å²) in [5, 5.41) is 0. The first kappa shape index (κ1) is 9.05. The average Bonchev–Trinajstić information content (AvgIpc) is 2.29. The molecule has 0 saturated heterocycles. The largest absolute Gasteiger partial charge is 0.121 e. The van der Waals surface area contributed by atoms with Crippen LogP contribution in [0, 0.1) is 6.92 Å². The molecule has 1 aliphatic rings. The van der Waals surface area contributed by atoms with Crippen LogP contribution < -0.4 is 0 Å². The third-order valence-electron chi connectivity index (χ3n) is 2.83. The first-order chi connectivity index (χ1) is 7.34. The third-order valence-corrected chi connectivity index (χ3v) is 3.95. The second-order valence-corrected chi connectivity index (χ2v) is 4.96. The Hall–Kier alpha value is -1.21. The van der Waals surface area contributed by atoms with Crippen LogP contribution in [0.25, 0.3) is 11.1 Å². The van der Waals surface area contributed by atoms with E-state index < -0.39 is 0 Å². The van der Waals surface area contributed by atoms with Gasteiger partial charge in [-0.25, -0.2) is 0 Å². The lowest BCUT2D eigenvalue weighted by Gasteiger charge is -2.19. The average molecular weight is 212 g/mol. The number of benzene rings is 2. The molecule has 1 aliphatic heterocycles. The number of hydrogen-bond donors (Lipinski definition) is 0. The Labute approximate surface area is 94.3 Å². The van der Waals surface area contributed by atoms with Gasteiger partial charge < -0.3 is 0 Å². The Bertz CT molecular complexity index is 514. The van der Waals surface area contributed by atoms with Crippen molar-refractivity contribution in [2.24, 2.45) is 0 Å². The highest BCUT2D eigenvalue weighted by molar-refractivity contribution is 7.98. The number of rotatable bonds is 0. The van der Waals surface area contributed by atoms with Crippen LogP contribution >= 0.6 is 11.8 Å². The van der Waals surface area contributed by atoms with Crippen molar-refractivity contribution in [3.8, 4) is 11.1 Å². The second-order valence-electron chi connectivity index (χ2n) is 3.95. The van der Waals surface area contributed by atoms with Gasteiger partial charge in [-0.1, -0.05) is 42.0 Å². The van der Waals surface area contributed by atoms with Crippen molar-refractivity contribution in [1.29, 1.82) is 0 Å². The van der Waals surface area contributed by atoms with E-state index >= 15 is 0 Å². The normalized spacial score (nSPS) is 13.1. The summed E-state index contributed by atoms with van der Waals surface area (Å²) in [6.07, 6.45) is 0. The molecule has 0 bridgehead atoms. The lowest BCUT2D eigenvalue weighted by molar-refractivity contribution is 1.30. The first-order valence-corrected chi connectivity index (χ1v) is 6.15. The van der Waals surface area contributed by atoms with Gasteiger partial charge in [0.1, 0.15) is 0 Å². The van der Waals surface area contributed by atoms with Gasteiger partial charge in [0, 0.05) is 10.6 Å². The molecule has 3 rings (SSSR count). The molecule has 0 aliphatic carbocycles. The van der Waals surface area contributed by atoms with E-state index in [-0.39, 0.29) is 0 Å². The molecule has 0 atom stereocenters. The molecule has 2 aromatic rings. The predicted molar refractivity (Wildman–Crippen MR) is 66.2 cm³/mol. The van der Waals surface area contributed by atoms with Gasteiger partial charge in [-0.05, 0) is 29.7 Å². The van der Waals surface area contributed by atoms with Gasteiger partial charge in [0.2, 0.25) is 0 Å². The van der Waals surface area contributed by atoms with Crippen molar-refractivity contribution in [2.45, 2.75) is 17.6 Å². The Balaban J connectivity index is 2.28. The van der Waals surface area contributed by atoms with Crippen LogP contribution in [0.1, 0.15) is 11.1 Å². The monoisotopic (exact) mass is 212 g/mol. The summed E-state index contributed by atoms with van der Waals surface area (Å²) in [4.78, 5) is 1.41. The van der Waals surface area contributed by atoms with Crippen molar-refractivity contribution >= 4 is 11.8 Å². The predicted octanol–water partition coefficient (Wildman–Crippen LogP) is 4.27. The minimum Gasteiger partial charge on any atom is -0.121 e. The summed E-state index contributed by atoms with van der Waals surface area (Å²) in [6.45, 7) is 2.16. The van der Waals surface area contributed by atoms with Crippen LogP contribution in [0.15, 0.2) is 47.4 Å². The van der Waals surface area contributed by atoms with E-state index in [0.717, 1.165) is 5.75 Å². The van der Waals surface area contributed by atoms with Crippen molar-refractivity contribution in [2.75, 3.05) is 0 Å². The highest BCUT2D eigenvalue weighted by Gasteiger charge is 2.15. The Morgan fingerprint density at radius 3 is 2.80 bits per heavy atom. The van der Waals surface area contributed by atoms with Crippen LogP contribution in [0.2, 0.25) is 0 Å². The molecular weight excluding hydrogens is 200 g/mol. The molecule has 1 heterocycles. The molecule has 0 aromatic heterocycles. The van der Waals surface area contributed by atoms with E-state index in [2.05, 4.69) is 49.4 Å². The molecule has 0 unspecified atom stereocenters. The third kappa shape index (κ3) is 1.47. The molecule has 0 fully saturated rings. The maximum absolute atomic E-state index is 2.30.